The highest BCUT2D eigenvalue weighted by Gasteiger charge is 2.31. The molecule has 0 bridgehead atoms. The fraction of sp³-hybridized carbons (Fsp3) is 0.176. The predicted molar refractivity (Wildman–Crippen MR) is 95.2 cm³/mol. The Kier molecular flexibility index (Phi) is 6.05. The van der Waals surface area contributed by atoms with Gasteiger partial charge in [0, 0.05) is 16.8 Å². The van der Waals surface area contributed by atoms with Gasteiger partial charge >= 0.3 is 6.09 Å². The van der Waals surface area contributed by atoms with Crippen LogP contribution in [0.4, 0.5) is 19.3 Å². The second-order valence-corrected chi connectivity index (χ2v) is 6.02. The number of carbonyl (C=O) groups excluding carboxylic acids is 1. The number of carboxylic acid groups (broad SMARTS) is 1. The number of amides is 2. The molecular weight excluding hydrogens is 389 g/mol. The Morgan fingerprint density at radius 1 is 1.15 bits per heavy atom. The number of nitrogens with one attached hydrogen (secondary N) is 2. The van der Waals surface area contributed by atoms with Gasteiger partial charge in [0.1, 0.15) is 11.6 Å². The number of anilines is 1. The van der Waals surface area contributed by atoms with E-state index in [9.17, 15) is 18.4 Å². The van der Waals surface area contributed by atoms with Gasteiger partial charge in [-0.15, -0.1) is 12.4 Å². The fourth-order valence-electron chi connectivity index (χ4n) is 2.99. The van der Waals surface area contributed by atoms with Gasteiger partial charge in [-0.05, 0) is 48.7 Å². The van der Waals surface area contributed by atoms with Crippen LogP contribution in [0.15, 0.2) is 30.3 Å². The monoisotopic (exact) mass is 402 g/mol. The van der Waals surface area contributed by atoms with Gasteiger partial charge in [-0.3, -0.25) is 4.79 Å². The zero-order valence-corrected chi connectivity index (χ0v) is 14.8. The molecule has 2 aromatic carbocycles. The van der Waals surface area contributed by atoms with E-state index in [-0.39, 0.29) is 28.6 Å². The molecule has 138 valence electrons. The molecule has 3 N–H and O–H groups in total. The van der Waals surface area contributed by atoms with E-state index in [0.717, 1.165) is 12.1 Å². The second kappa shape index (κ2) is 7.88. The van der Waals surface area contributed by atoms with E-state index in [4.69, 9.17) is 16.7 Å². The lowest BCUT2D eigenvalue weighted by molar-refractivity contribution is 0.102. The van der Waals surface area contributed by atoms with Gasteiger partial charge in [0.25, 0.3) is 5.91 Å². The number of halogens is 4. The molecule has 1 aliphatic carbocycles. The summed E-state index contributed by atoms with van der Waals surface area (Å²) in [6.45, 7) is 0. The van der Waals surface area contributed by atoms with Crippen LogP contribution in [0.25, 0.3) is 0 Å². The molecule has 2 aromatic rings. The summed E-state index contributed by atoms with van der Waals surface area (Å²) in [6, 6.07) is 5.54. The second-order valence-electron chi connectivity index (χ2n) is 5.61. The molecule has 0 aromatic heterocycles. The van der Waals surface area contributed by atoms with Crippen molar-refractivity contribution < 1.29 is 23.5 Å². The van der Waals surface area contributed by atoms with E-state index < -0.39 is 29.7 Å². The van der Waals surface area contributed by atoms with Gasteiger partial charge in [0.05, 0.1) is 11.1 Å². The highest BCUT2D eigenvalue weighted by molar-refractivity contribution is 6.31. The molecule has 1 atom stereocenters. The maximum Gasteiger partial charge on any atom is 0.405 e. The molecule has 1 aliphatic rings. The lowest BCUT2D eigenvalue weighted by atomic mass is 10.0. The topological polar surface area (TPSA) is 78.4 Å². The molecule has 0 radical (unpaired) electrons. The van der Waals surface area contributed by atoms with E-state index in [0.29, 0.717) is 24.1 Å². The van der Waals surface area contributed by atoms with Crippen LogP contribution in [-0.2, 0) is 6.42 Å². The molecular formula is C17H14Cl2F2N2O3. The molecule has 1 unspecified atom stereocenters. The van der Waals surface area contributed by atoms with Crippen molar-refractivity contribution in [2.24, 2.45) is 0 Å². The number of carbonyl (C=O) groups is 2. The van der Waals surface area contributed by atoms with Gasteiger partial charge in [-0.2, -0.15) is 0 Å². The first kappa shape index (κ1) is 19.9. The Labute approximate surface area is 158 Å². The van der Waals surface area contributed by atoms with Gasteiger partial charge in [-0.1, -0.05) is 11.6 Å². The van der Waals surface area contributed by atoms with Crippen molar-refractivity contribution in [2.45, 2.75) is 18.9 Å². The minimum Gasteiger partial charge on any atom is -0.465 e. The Morgan fingerprint density at radius 3 is 2.50 bits per heavy atom. The van der Waals surface area contributed by atoms with E-state index in [2.05, 4.69) is 10.6 Å². The van der Waals surface area contributed by atoms with Crippen molar-refractivity contribution in [1.29, 1.82) is 0 Å². The summed E-state index contributed by atoms with van der Waals surface area (Å²) < 4.78 is 27.3. The summed E-state index contributed by atoms with van der Waals surface area (Å²) in [5.74, 6) is -1.67. The maximum atomic E-state index is 14.1. The molecule has 0 heterocycles. The summed E-state index contributed by atoms with van der Waals surface area (Å²) in [5, 5.41) is 13.6. The molecule has 26 heavy (non-hydrogen) atoms. The molecule has 9 heteroatoms. The number of rotatable bonds is 3. The van der Waals surface area contributed by atoms with E-state index in [1.54, 1.807) is 0 Å². The number of benzene rings is 2. The summed E-state index contributed by atoms with van der Waals surface area (Å²) >= 11 is 5.69. The zero-order chi connectivity index (χ0) is 18.1. The lowest BCUT2D eigenvalue weighted by Crippen LogP contribution is -2.25. The Hall–Kier alpha value is -2.38. The SMILES string of the molecule is Cl.O=C(O)NC1CCc2c(C(=O)Nc3ccc(F)c(Cl)c3)ccc(F)c21. The Morgan fingerprint density at radius 2 is 1.85 bits per heavy atom. The van der Waals surface area contributed by atoms with Crippen LogP contribution >= 0.6 is 24.0 Å². The van der Waals surface area contributed by atoms with Gasteiger partial charge in [0.15, 0.2) is 0 Å². The van der Waals surface area contributed by atoms with Gasteiger partial charge < -0.3 is 15.7 Å². The summed E-state index contributed by atoms with van der Waals surface area (Å²) in [4.78, 5) is 23.3. The van der Waals surface area contributed by atoms with Crippen molar-refractivity contribution in [3.63, 3.8) is 0 Å². The first-order valence-corrected chi connectivity index (χ1v) is 7.81. The Balaban J connectivity index is 0.00000243. The van der Waals surface area contributed by atoms with Crippen LogP contribution in [0.2, 0.25) is 5.02 Å². The van der Waals surface area contributed by atoms with Gasteiger partial charge in [0.2, 0.25) is 0 Å². The molecule has 0 saturated carbocycles. The van der Waals surface area contributed by atoms with Crippen molar-refractivity contribution in [3.8, 4) is 0 Å². The Bertz CT molecular complexity index is 877. The largest absolute Gasteiger partial charge is 0.465 e. The van der Waals surface area contributed by atoms with Crippen LogP contribution in [0, 0.1) is 11.6 Å². The van der Waals surface area contributed by atoms with Crippen molar-refractivity contribution in [3.05, 3.63) is 63.7 Å². The quantitative estimate of drug-likeness (QED) is 0.704. The fourth-order valence-corrected chi connectivity index (χ4v) is 3.17. The first-order valence-electron chi connectivity index (χ1n) is 7.44. The first-order chi connectivity index (χ1) is 11.9. The van der Waals surface area contributed by atoms with Crippen molar-refractivity contribution in [1.82, 2.24) is 5.32 Å². The van der Waals surface area contributed by atoms with Crippen LogP contribution in [0.5, 0.6) is 0 Å². The highest BCUT2D eigenvalue weighted by Crippen LogP contribution is 2.35. The number of hydrogen-bond donors (Lipinski definition) is 3. The zero-order valence-electron chi connectivity index (χ0n) is 13.2. The standard InChI is InChI=1S/C17H13ClF2N2O3.ClH/c18-11-7-8(1-4-12(11)19)21-16(23)10-2-5-13(20)15-9(10)3-6-14(15)22-17(24)25;/h1-2,4-5,7,14,22H,3,6H2,(H,21,23)(H,24,25);1H. The number of fused-ring (bicyclic) bond motifs is 1. The third-order valence-corrected chi connectivity index (χ3v) is 4.34. The molecule has 0 aliphatic heterocycles. The molecule has 0 spiro atoms. The van der Waals surface area contributed by atoms with Crippen LogP contribution in [0.1, 0.15) is 33.9 Å². The third kappa shape index (κ3) is 3.89. The normalized spacial score (nSPS) is 15.0. The minimum atomic E-state index is -1.26. The van der Waals surface area contributed by atoms with Crippen LogP contribution in [0.3, 0.4) is 0 Å². The van der Waals surface area contributed by atoms with E-state index in [1.165, 1.54) is 18.2 Å². The number of hydrogen-bond acceptors (Lipinski definition) is 2. The van der Waals surface area contributed by atoms with E-state index >= 15 is 0 Å². The lowest BCUT2D eigenvalue weighted by Gasteiger charge is -2.14. The van der Waals surface area contributed by atoms with E-state index in [1.807, 2.05) is 0 Å². The molecule has 3 rings (SSSR count). The van der Waals surface area contributed by atoms with Crippen molar-refractivity contribution in [2.75, 3.05) is 5.32 Å². The average molecular weight is 403 g/mol. The molecule has 2 amide bonds. The smallest absolute Gasteiger partial charge is 0.405 e. The third-order valence-electron chi connectivity index (χ3n) is 4.06. The molecule has 0 fully saturated rings. The summed E-state index contributed by atoms with van der Waals surface area (Å²) in [7, 11) is 0. The van der Waals surface area contributed by atoms with Crippen LogP contribution in [-0.4, -0.2) is 17.1 Å². The summed E-state index contributed by atoms with van der Waals surface area (Å²) in [5.41, 5.74) is 1.19. The predicted octanol–water partition coefficient (Wildman–Crippen LogP) is 4.55. The van der Waals surface area contributed by atoms with Gasteiger partial charge in [-0.25, -0.2) is 13.6 Å². The highest BCUT2D eigenvalue weighted by atomic mass is 35.5. The summed E-state index contributed by atoms with van der Waals surface area (Å²) in [6.07, 6.45) is -0.524. The molecule has 5 nitrogen and oxygen atoms in total. The maximum absolute atomic E-state index is 14.1. The van der Waals surface area contributed by atoms with Crippen LogP contribution < -0.4 is 10.6 Å². The molecule has 0 saturated heterocycles. The minimum absolute atomic E-state index is 0. The van der Waals surface area contributed by atoms with Crippen molar-refractivity contribution >= 4 is 41.7 Å². The average Bonchev–Trinajstić information content (AvgIpc) is 2.95.